The molecule has 1 rings (SSSR count). The topological polar surface area (TPSA) is 35.2 Å². The van der Waals surface area contributed by atoms with Gasteiger partial charge in [0.15, 0.2) is 0 Å². The van der Waals surface area contributed by atoms with E-state index >= 15 is 0 Å². The van der Waals surface area contributed by atoms with Crippen LogP contribution in [0.4, 0.5) is 8.78 Å². The lowest BCUT2D eigenvalue weighted by Gasteiger charge is -2.40. The molecule has 0 amide bonds. The van der Waals surface area contributed by atoms with E-state index in [1.165, 1.54) is 0 Å². The summed E-state index contributed by atoms with van der Waals surface area (Å²) in [6.07, 6.45) is 0.814. The highest BCUT2D eigenvalue weighted by Gasteiger charge is 2.43. The third-order valence-corrected chi connectivity index (χ3v) is 3.29. The minimum Gasteiger partial charge on any atom is -0.375 e. The summed E-state index contributed by atoms with van der Waals surface area (Å²) in [6, 6.07) is 0. The lowest BCUT2D eigenvalue weighted by Crippen LogP contribution is -2.43. The Labute approximate surface area is 96.5 Å². The second-order valence-corrected chi connectivity index (χ2v) is 5.96. The van der Waals surface area contributed by atoms with Crippen molar-refractivity contribution in [2.24, 2.45) is 11.1 Å². The van der Waals surface area contributed by atoms with E-state index in [9.17, 15) is 8.78 Å². The maximum Gasteiger partial charge on any atom is 0.248 e. The SMILES string of the molecule is CC(C)(C)OCC1(CN)CCC(F)(F)CC1. The molecule has 2 N–H and O–H groups in total. The molecule has 0 aromatic carbocycles. The molecule has 4 heteroatoms. The van der Waals surface area contributed by atoms with Crippen LogP contribution in [-0.4, -0.2) is 24.7 Å². The summed E-state index contributed by atoms with van der Waals surface area (Å²) in [5.41, 5.74) is 5.26. The Bertz CT molecular complexity index is 226. The maximum absolute atomic E-state index is 13.1. The van der Waals surface area contributed by atoms with E-state index in [0.717, 1.165) is 0 Å². The van der Waals surface area contributed by atoms with Gasteiger partial charge in [-0.15, -0.1) is 0 Å². The molecule has 16 heavy (non-hydrogen) atoms. The molecular weight excluding hydrogens is 212 g/mol. The van der Waals surface area contributed by atoms with E-state index in [1.807, 2.05) is 20.8 Å². The molecule has 0 bridgehead atoms. The third-order valence-electron chi connectivity index (χ3n) is 3.29. The molecule has 0 radical (unpaired) electrons. The Balaban J connectivity index is 2.53. The fraction of sp³-hybridized carbons (Fsp3) is 1.00. The van der Waals surface area contributed by atoms with Gasteiger partial charge in [-0.2, -0.15) is 0 Å². The summed E-state index contributed by atoms with van der Waals surface area (Å²) in [5.74, 6) is -2.50. The van der Waals surface area contributed by atoms with Crippen LogP contribution in [0, 0.1) is 5.41 Å². The van der Waals surface area contributed by atoms with Crippen molar-refractivity contribution in [1.29, 1.82) is 0 Å². The number of hydrogen-bond donors (Lipinski definition) is 1. The van der Waals surface area contributed by atoms with Gasteiger partial charge in [0.1, 0.15) is 0 Å². The van der Waals surface area contributed by atoms with Crippen molar-refractivity contribution in [2.75, 3.05) is 13.2 Å². The molecule has 96 valence electrons. The van der Waals surface area contributed by atoms with Gasteiger partial charge in [-0.25, -0.2) is 8.78 Å². The van der Waals surface area contributed by atoms with E-state index in [-0.39, 0.29) is 23.9 Å². The number of alkyl halides is 2. The van der Waals surface area contributed by atoms with E-state index in [0.29, 0.717) is 26.0 Å². The molecule has 0 atom stereocenters. The van der Waals surface area contributed by atoms with Crippen LogP contribution >= 0.6 is 0 Å². The van der Waals surface area contributed by atoms with Crippen molar-refractivity contribution >= 4 is 0 Å². The largest absolute Gasteiger partial charge is 0.375 e. The minimum absolute atomic E-state index is 0.0578. The highest BCUT2D eigenvalue weighted by atomic mass is 19.3. The number of hydrogen-bond acceptors (Lipinski definition) is 2. The summed E-state index contributed by atoms with van der Waals surface area (Å²) >= 11 is 0. The highest BCUT2D eigenvalue weighted by Crippen LogP contribution is 2.43. The fourth-order valence-electron chi connectivity index (χ4n) is 1.92. The van der Waals surface area contributed by atoms with E-state index in [4.69, 9.17) is 10.5 Å². The van der Waals surface area contributed by atoms with Crippen LogP contribution in [0.3, 0.4) is 0 Å². The van der Waals surface area contributed by atoms with Gasteiger partial charge in [0.05, 0.1) is 12.2 Å². The monoisotopic (exact) mass is 235 g/mol. The first-order valence-electron chi connectivity index (χ1n) is 5.90. The van der Waals surface area contributed by atoms with Crippen LogP contribution in [0.15, 0.2) is 0 Å². The van der Waals surface area contributed by atoms with Gasteiger partial charge < -0.3 is 10.5 Å². The van der Waals surface area contributed by atoms with Gasteiger partial charge in [-0.1, -0.05) is 0 Å². The molecular formula is C12H23F2NO. The molecule has 1 aliphatic carbocycles. The quantitative estimate of drug-likeness (QED) is 0.816. The lowest BCUT2D eigenvalue weighted by molar-refractivity contribution is -0.106. The normalized spacial score (nSPS) is 24.4. The van der Waals surface area contributed by atoms with Crippen molar-refractivity contribution in [3.63, 3.8) is 0 Å². The Morgan fingerprint density at radius 1 is 1.12 bits per heavy atom. The minimum atomic E-state index is -2.50. The van der Waals surface area contributed by atoms with Gasteiger partial charge in [0.25, 0.3) is 0 Å². The molecule has 0 spiro atoms. The summed E-state index contributed by atoms with van der Waals surface area (Å²) < 4.78 is 31.9. The van der Waals surface area contributed by atoms with Crippen molar-refractivity contribution in [3.05, 3.63) is 0 Å². The second-order valence-electron chi connectivity index (χ2n) is 5.96. The third kappa shape index (κ3) is 3.98. The van der Waals surface area contributed by atoms with Crippen molar-refractivity contribution < 1.29 is 13.5 Å². The summed E-state index contributed by atoms with van der Waals surface area (Å²) in [6.45, 7) is 6.82. The number of nitrogens with two attached hydrogens (primary N) is 1. The van der Waals surface area contributed by atoms with Crippen LogP contribution in [0.25, 0.3) is 0 Å². The summed E-state index contributed by atoms with van der Waals surface area (Å²) in [7, 11) is 0. The molecule has 1 fully saturated rings. The first-order chi connectivity index (χ1) is 7.18. The zero-order valence-corrected chi connectivity index (χ0v) is 10.5. The van der Waals surface area contributed by atoms with Gasteiger partial charge in [-0.05, 0) is 33.6 Å². The molecule has 0 unspecified atom stereocenters. The summed E-state index contributed by atoms with van der Waals surface area (Å²) in [5, 5.41) is 0. The van der Waals surface area contributed by atoms with Gasteiger partial charge in [-0.3, -0.25) is 0 Å². The molecule has 0 saturated heterocycles. The van der Waals surface area contributed by atoms with Crippen molar-refractivity contribution in [3.8, 4) is 0 Å². The standard InChI is InChI=1S/C12H23F2NO/c1-10(2,3)16-9-11(8-15)4-6-12(13,14)7-5-11/h4-9,15H2,1-3H3. The Kier molecular flexibility index (Phi) is 3.95. The smallest absolute Gasteiger partial charge is 0.248 e. The first-order valence-corrected chi connectivity index (χ1v) is 5.90. The number of rotatable bonds is 3. The maximum atomic E-state index is 13.1. The molecule has 0 heterocycles. The van der Waals surface area contributed by atoms with Gasteiger partial charge in [0.2, 0.25) is 5.92 Å². The molecule has 0 aromatic rings. The van der Waals surface area contributed by atoms with Crippen molar-refractivity contribution in [1.82, 2.24) is 0 Å². The second kappa shape index (κ2) is 4.57. The molecule has 0 aromatic heterocycles. The van der Waals surface area contributed by atoms with E-state index < -0.39 is 5.92 Å². The Hall–Kier alpha value is -0.220. The van der Waals surface area contributed by atoms with Crippen LogP contribution < -0.4 is 5.73 Å². The van der Waals surface area contributed by atoms with Gasteiger partial charge >= 0.3 is 0 Å². The molecule has 2 nitrogen and oxygen atoms in total. The first kappa shape index (κ1) is 13.8. The average Bonchev–Trinajstić information content (AvgIpc) is 2.16. The molecule has 0 aliphatic heterocycles. The number of halogens is 2. The van der Waals surface area contributed by atoms with Crippen LogP contribution in [0.1, 0.15) is 46.5 Å². The Morgan fingerprint density at radius 2 is 1.62 bits per heavy atom. The van der Waals surface area contributed by atoms with Crippen LogP contribution in [0.2, 0.25) is 0 Å². The molecule has 1 aliphatic rings. The predicted molar refractivity (Wildman–Crippen MR) is 60.6 cm³/mol. The Morgan fingerprint density at radius 3 is 2.00 bits per heavy atom. The predicted octanol–water partition coefficient (Wildman–Crippen LogP) is 2.96. The lowest BCUT2D eigenvalue weighted by atomic mass is 9.73. The zero-order chi connectivity index (χ0) is 12.4. The number of ether oxygens (including phenoxy) is 1. The highest BCUT2D eigenvalue weighted by molar-refractivity contribution is 4.90. The van der Waals surface area contributed by atoms with Crippen LogP contribution in [-0.2, 0) is 4.74 Å². The zero-order valence-electron chi connectivity index (χ0n) is 10.5. The van der Waals surface area contributed by atoms with Gasteiger partial charge in [0, 0.05) is 24.8 Å². The van der Waals surface area contributed by atoms with Crippen LogP contribution in [0.5, 0.6) is 0 Å². The fourth-order valence-corrected chi connectivity index (χ4v) is 1.92. The van der Waals surface area contributed by atoms with E-state index in [2.05, 4.69) is 0 Å². The molecule has 1 saturated carbocycles. The average molecular weight is 235 g/mol. The van der Waals surface area contributed by atoms with E-state index in [1.54, 1.807) is 0 Å². The summed E-state index contributed by atoms with van der Waals surface area (Å²) in [4.78, 5) is 0. The van der Waals surface area contributed by atoms with Crippen molar-refractivity contribution in [2.45, 2.75) is 58.0 Å².